The van der Waals surface area contributed by atoms with Crippen molar-refractivity contribution in [3.63, 3.8) is 0 Å². The molecule has 1 aromatic heterocycles. The van der Waals surface area contributed by atoms with E-state index in [0.29, 0.717) is 30.2 Å². The molecular formula is C26H31ClN6O3. The van der Waals surface area contributed by atoms with Gasteiger partial charge in [0.25, 0.3) is 5.91 Å². The predicted octanol–water partition coefficient (Wildman–Crippen LogP) is 3.68. The minimum Gasteiger partial charge on any atom is -0.377 e. The number of pyridine rings is 1. The first-order valence-electron chi connectivity index (χ1n) is 11.6. The molecule has 0 bridgehead atoms. The van der Waals surface area contributed by atoms with Crippen LogP contribution >= 0.6 is 11.6 Å². The fourth-order valence-electron chi connectivity index (χ4n) is 3.81. The lowest BCUT2D eigenvalue weighted by Crippen LogP contribution is -2.61. The van der Waals surface area contributed by atoms with Crippen molar-refractivity contribution in [2.45, 2.75) is 25.8 Å². The minimum atomic E-state index is -0.682. The fourth-order valence-corrected chi connectivity index (χ4v) is 3.94. The number of hydrazine groups is 1. The number of hydrogen-bond donors (Lipinski definition) is 2. The Hall–Kier alpha value is -3.42. The molecule has 2 heterocycles. The first kappa shape index (κ1) is 27.2. The largest absolute Gasteiger partial charge is 0.377 e. The average molecular weight is 511 g/mol. The monoisotopic (exact) mass is 510 g/mol. The zero-order valence-electron chi connectivity index (χ0n) is 20.3. The van der Waals surface area contributed by atoms with Gasteiger partial charge >= 0.3 is 0 Å². The van der Waals surface area contributed by atoms with Crippen molar-refractivity contribution in [3.05, 3.63) is 84.7 Å². The summed E-state index contributed by atoms with van der Waals surface area (Å²) in [5.74, 6) is -0.300. The van der Waals surface area contributed by atoms with Gasteiger partial charge in [0.05, 0.1) is 49.9 Å². The number of benzene rings is 1. The molecule has 0 aliphatic carbocycles. The molecule has 10 heteroatoms. The van der Waals surface area contributed by atoms with E-state index in [1.165, 1.54) is 5.01 Å². The van der Waals surface area contributed by atoms with Crippen molar-refractivity contribution < 1.29 is 14.3 Å². The Labute approximate surface area is 216 Å². The molecule has 2 aromatic rings. The van der Waals surface area contributed by atoms with E-state index in [9.17, 15) is 10.1 Å². The number of nitrogens with one attached hydrogen (secondary N) is 2. The molecule has 3 rings (SSSR count). The molecule has 0 saturated carbocycles. The van der Waals surface area contributed by atoms with Crippen LogP contribution in [-0.2, 0) is 9.47 Å². The van der Waals surface area contributed by atoms with Gasteiger partial charge in [-0.1, -0.05) is 30.7 Å². The van der Waals surface area contributed by atoms with Gasteiger partial charge in [-0.25, -0.2) is 5.01 Å². The van der Waals surface area contributed by atoms with Crippen LogP contribution in [0.5, 0.6) is 0 Å². The Balaban J connectivity index is 1.92. The third-order valence-corrected chi connectivity index (χ3v) is 6.17. The summed E-state index contributed by atoms with van der Waals surface area (Å²) >= 11 is 6.00. The van der Waals surface area contributed by atoms with E-state index >= 15 is 0 Å². The summed E-state index contributed by atoms with van der Waals surface area (Å²) in [7, 11) is 0. The Bertz CT molecular complexity index is 1050. The number of carbonyl (C=O) groups excluding carboxylic acids is 1. The number of rotatable bonds is 15. The van der Waals surface area contributed by atoms with E-state index in [-0.39, 0.29) is 19.1 Å². The zero-order valence-corrected chi connectivity index (χ0v) is 21.0. The molecule has 1 aliphatic heterocycles. The summed E-state index contributed by atoms with van der Waals surface area (Å²) in [4.78, 5) is 17.4. The van der Waals surface area contributed by atoms with Crippen molar-refractivity contribution in [1.82, 2.24) is 20.6 Å². The van der Waals surface area contributed by atoms with Crippen LogP contribution in [0.4, 0.5) is 5.69 Å². The molecule has 1 aromatic carbocycles. The number of hydrogen-bond acceptors (Lipinski definition) is 8. The second-order valence-electron chi connectivity index (χ2n) is 8.28. The number of ether oxygens (including phenoxy) is 2. The zero-order chi connectivity index (χ0) is 26.0. The van der Waals surface area contributed by atoms with E-state index in [1.54, 1.807) is 59.9 Å². The lowest BCUT2D eigenvalue weighted by molar-refractivity contribution is -0.0409. The Morgan fingerprint density at radius 1 is 1.25 bits per heavy atom. The maximum absolute atomic E-state index is 13.3. The highest BCUT2D eigenvalue weighted by Crippen LogP contribution is 2.34. The molecule has 1 aliphatic rings. The normalized spacial score (nSPS) is 15.6. The van der Waals surface area contributed by atoms with Crippen LogP contribution in [0.15, 0.2) is 74.1 Å². The van der Waals surface area contributed by atoms with Crippen LogP contribution in [0.2, 0.25) is 5.02 Å². The molecule has 190 valence electrons. The van der Waals surface area contributed by atoms with Gasteiger partial charge in [-0.2, -0.15) is 10.3 Å². The Kier molecular flexibility index (Phi) is 9.85. The number of nitriles is 1. The van der Waals surface area contributed by atoms with E-state index in [2.05, 4.69) is 35.0 Å². The quantitative estimate of drug-likeness (QED) is 0.123. The molecule has 2 N–H and O–H groups in total. The van der Waals surface area contributed by atoms with Crippen LogP contribution in [0.3, 0.4) is 0 Å². The highest BCUT2D eigenvalue weighted by molar-refractivity contribution is 6.30. The molecule has 2 unspecified atom stereocenters. The molecule has 1 fully saturated rings. The van der Waals surface area contributed by atoms with Gasteiger partial charge in [0.15, 0.2) is 0 Å². The SMILES string of the molecule is C=CCOCC(CC)(COCC=C)C(NC(=O)c1ccc(Cl)cc1)NC1N(C#N)N1c1cccnc1. The molecule has 1 amide bonds. The maximum atomic E-state index is 13.3. The van der Waals surface area contributed by atoms with Gasteiger partial charge in [0.2, 0.25) is 12.5 Å². The standard InChI is InChI=1S/C26H31ClN6O3/c1-4-14-35-17-26(6-3,18-36-15-5-2)24(30-23(34)20-9-11-21(27)12-10-20)31-25-32(19-28)33(25)22-8-7-13-29-16-22/h4-5,7-13,16,24-25,31H,1-2,6,14-15,17-18H2,3H3,(H,30,34). The first-order chi connectivity index (χ1) is 17.5. The van der Waals surface area contributed by atoms with E-state index < -0.39 is 17.9 Å². The Morgan fingerprint density at radius 3 is 2.44 bits per heavy atom. The third kappa shape index (κ3) is 6.62. The molecular weight excluding hydrogens is 480 g/mol. The second-order valence-corrected chi connectivity index (χ2v) is 8.71. The second kappa shape index (κ2) is 13.0. The van der Waals surface area contributed by atoms with Crippen LogP contribution in [-0.4, -0.2) is 54.8 Å². The van der Waals surface area contributed by atoms with Crippen molar-refractivity contribution in [3.8, 4) is 6.19 Å². The average Bonchev–Trinajstić information content (AvgIpc) is 3.61. The van der Waals surface area contributed by atoms with Crippen molar-refractivity contribution in [2.24, 2.45) is 5.41 Å². The van der Waals surface area contributed by atoms with Crippen molar-refractivity contribution in [2.75, 3.05) is 31.4 Å². The van der Waals surface area contributed by atoms with Crippen molar-refractivity contribution in [1.29, 1.82) is 5.26 Å². The summed E-state index contributed by atoms with van der Waals surface area (Å²) in [6.45, 7) is 10.7. The van der Waals surface area contributed by atoms with Crippen LogP contribution in [0, 0.1) is 16.9 Å². The maximum Gasteiger partial charge on any atom is 0.252 e. The fraction of sp³-hybridized carbons (Fsp3) is 0.346. The third-order valence-electron chi connectivity index (χ3n) is 5.92. The van der Waals surface area contributed by atoms with Gasteiger partial charge in [0.1, 0.15) is 0 Å². The molecule has 0 radical (unpaired) electrons. The molecule has 2 atom stereocenters. The van der Waals surface area contributed by atoms with Gasteiger partial charge in [-0.05, 0) is 42.8 Å². The number of anilines is 1. The highest BCUT2D eigenvalue weighted by Gasteiger charge is 2.50. The van der Waals surface area contributed by atoms with Crippen LogP contribution in [0.1, 0.15) is 23.7 Å². The number of aromatic nitrogens is 1. The number of amides is 1. The lowest BCUT2D eigenvalue weighted by Gasteiger charge is -2.40. The summed E-state index contributed by atoms with van der Waals surface area (Å²) in [5, 5.41) is 20.0. The summed E-state index contributed by atoms with van der Waals surface area (Å²) in [5.41, 5.74) is 0.512. The van der Waals surface area contributed by atoms with E-state index in [4.69, 9.17) is 21.1 Å². The Morgan fingerprint density at radius 2 is 1.92 bits per heavy atom. The van der Waals surface area contributed by atoms with Gasteiger partial charge in [-0.15, -0.1) is 13.2 Å². The van der Waals surface area contributed by atoms with Gasteiger partial charge < -0.3 is 14.8 Å². The highest BCUT2D eigenvalue weighted by atomic mass is 35.5. The van der Waals surface area contributed by atoms with Gasteiger partial charge in [-0.3, -0.25) is 15.1 Å². The molecule has 0 spiro atoms. The molecule has 9 nitrogen and oxygen atoms in total. The lowest BCUT2D eigenvalue weighted by atomic mass is 9.82. The van der Waals surface area contributed by atoms with Crippen molar-refractivity contribution >= 4 is 23.2 Å². The number of halogens is 1. The summed E-state index contributed by atoms with van der Waals surface area (Å²) in [6, 6.07) is 10.3. The summed E-state index contributed by atoms with van der Waals surface area (Å²) in [6.07, 6.45) is 8.30. The first-order valence-corrected chi connectivity index (χ1v) is 12.0. The smallest absolute Gasteiger partial charge is 0.252 e. The van der Waals surface area contributed by atoms with E-state index in [0.717, 1.165) is 5.69 Å². The molecule has 36 heavy (non-hydrogen) atoms. The predicted molar refractivity (Wildman–Crippen MR) is 139 cm³/mol. The minimum absolute atomic E-state index is 0.275. The summed E-state index contributed by atoms with van der Waals surface area (Å²) < 4.78 is 11.8. The topological polar surface area (TPSA) is 102 Å². The van der Waals surface area contributed by atoms with Gasteiger partial charge in [0, 0.05) is 16.8 Å². The van der Waals surface area contributed by atoms with Crippen LogP contribution in [0.25, 0.3) is 0 Å². The number of nitrogens with zero attached hydrogens (tertiary/aromatic N) is 4. The number of carbonyl (C=O) groups is 1. The van der Waals surface area contributed by atoms with Crippen LogP contribution < -0.4 is 15.6 Å². The van der Waals surface area contributed by atoms with E-state index in [1.807, 2.05) is 13.0 Å². The molecule has 1 saturated heterocycles.